The van der Waals surface area contributed by atoms with Gasteiger partial charge in [-0.25, -0.2) is 13.1 Å². The minimum atomic E-state index is -3.83. The van der Waals surface area contributed by atoms with Crippen LogP contribution in [0.3, 0.4) is 0 Å². The van der Waals surface area contributed by atoms with Crippen LogP contribution < -0.4 is 14.4 Å². The van der Waals surface area contributed by atoms with Crippen molar-refractivity contribution in [3.8, 4) is 5.75 Å². The van der Waals surface area contributed by atoms with E-state index in [1.807, 2.05) is 6.92 Å². The highest BCUT2D eigenvalue weighted by Crippen LogP contribution is 2.35. The SMILES string of the molecule is CC(=O)N1CC(C)Oc2ccc(S(=O)(=O)NC(C)(C)CO)cc21. The first kappa shape index (κ1) is 17.7. The van der Waals surface area contributed by atoms with Gasteiger partial charge in [-0.15, -0.1) is 0 Å². The average Bonchev–Trinajstić information content (AvgIpc) is 2.44. The fraction of sp³-hybridized carbons (Fsp3) is 0.533. The molecule has 128 valence electrons. The van der Waals surface area contributed by atoms with Gasteiger partial charge >= 0.3 is 0 Å². The van der Waals surface area contributed by atoms with Gasteiger partial charge in [-0.2, -0.15) is 0 Å². The number of benzene rings is 1. The lowest BCUT2D eigenvalue weighted by molar-refractivity contribution is -0.117. The average molecular weight is 342 g/mol. The van der Waals surface area contributed by atoms with E-state index in [2.05, 4.69) is 4.72 Å². The number of amides is 1. The molecule has 8 heteroatoms. The Hall–Kier alpha value is -1.64. The highest BCUT2D eigenvalue weighted by Gasteiger charge is 2.30. The molecule has 1 heterocycles. The molecule has 1 aliphatic heterocycles. The Balaban J connectivity index is 2.44. The number of aliphatic hydroxyl groups excluding tert-OH is 1. The van der Waals surface area contributed by atoms with Gasteiger partial charge in [-0.3, -0.25) is 4.79 Å². The standard InChI is InChI=1S/C15H22N2O5S/c1-10-8-17(11(2)19)13-7-12(5-6-14(13)22-10)23(20,21)16-15(3,4)9-18/h5-7,10,16,18H,8-9H2,1-4H3. The van der Waals surface area contributed by atoms with Crippen LogP contribution in [0.1, 0.15) is 27.7 Å². The van der Waals surface area contributed by atoms with E-state index in [1.54, 1.807) is 19.9 Å². The van der Waals surface area contributed by atoms with Gasteiger partial charge in [-0.1, -0.05) is 0 Å². The molecule has 2 N–H and O–H groups in total. The molecular formula is C15H22N2O5S. The van der Waals surface area contributed by atoms with Crippen LogP contribution in [0.2, 0.25) is 0 Å². The van der Waals surface area contributed by atoms with Gasteiger partial charge in [0.1, 0.15) is 11.9 Å². The third kappa shape index (κ3) is 3.82. The van der Waals surface area contributed by atoms with E-state index in [0.29, 0.717) is 18.0 Å². The fourth-order valence-corrected chi connectivity index (χ4v) is 3.76. The molecule has 0 bridgehead atoms. The number of ether oxygens (including phenoxy) is 1. The van der Waals surface area contributed by atoms with Crippen molar-refractivity contribution in [3.63, 3.8) is 0 Å². The Labute approximate surface area is 136 Å². The molecule has 7 nitrogen and oxygen atoms in total. The molecule has 2 rings (SSSR count). The van der Waals surface area contributed by atoms with Crippen LogP contribution in [0.15, 0.2) is 23.1 Å². The van der Waals surface area contributed by atoms with Crippen molar-refractivity contribution in [1.29, 1.82) is 0 Å². The van der Waals surface area contributed by atoms with Gasteiger partial charge in [0.15, 0.2) is 0 Å². The number of fused-ring (bicyclic) bond motifs is 1. The van der Waals surface area contributed by atoms with Gasteiger partial charge < -0.3 is 14.7 Å². The molecule has 1 aromatic carbocycles. The van der Waals surface area contributed by atoms with Crippen molar-refractivity contribution < 1.29 is 23.1 Å². The Morgan fingerprint density at radius 1 is 1.48 bits per heavy atom. The minimum Gasteiger partial charge on any atom is -0.487 e. The van der Waals surface area contributed by atoms with Crippen LogP contribution in [-0.4, -0.2) is 44.2 Å². The number of rotatable bonds is 4. The molecule has 0 aliphatic carbocycles. The first-order valence-corrected chi connectivity index (χ1v) is 8.78. The molecular weight excluding hydrogens is 320 g/mol. The predicted molar refractivity (Wildman–Crippen MR) is 86.0 cm³/mol. The van der Waals surface area contributed by atoms with Crippen molar-refractivity contribution in [3.05, 3.63) is 18.2 Å². The van der Waals surface area contributed by atoms with E-state index in [9.17, 15) is 18.3 Å². The lowest BCUT2D eigenvalue weighted by Crippen LogP contribution is -2.46. The molecule has 0 spiro atoms. The zero-order valence-corrected chi connectivity index (χ0v) is 14.5. The van der Waals surface area contributed by atoms with Crippen molar-refractivity contribution in [2.24, 2.45) is 0 Å². The van der Waals surface area contributed by atoms with E-state index >= 15 is 0 Å². The largest absolute Gasteiger partial charge is 0.487 e. The molecule has 0 saturated carbocycles. The highest BCUT2D eigenvalue weighted by molar-refractivity contribution is 7.89. The van der Waals surface area contributed by atoms with Crippen LogP contribution in [0, 0.1) is 0 Å². The second kappa shape index (κ2) is 6.10. The molecule has 0 radical (unpaired) electrons. The quantitative estimate of drug-likeness (QED) is 0.846. The number of hydrogen-bond donors (Lipinski definition) is 2. The number of aliphatic hydroxyl groups is 1. The molecule has 1 amide bonds. The summed E-state index contributed by atoms with van der Waals surface area (Å²) in [6, 6.07) is 4.38. The van der Waals surface area contributed by atoms with Crippen molar-refractivity contribution in [2.75, 3.05) is 18.1 Å². The normalized spacial score (nSPS) is 18.3. The number of nitrogens with zero attached hydrogens (tertiary/aromatic N) is 1. The smallest absolute Gasteiger partial charge is 0.241 e. The first-order chi connectivity index (χ1) is 10.6. The summed E-state index contributed by atoms with van der Waals surface area (Å²) >= 11 is 0. The minimum absolute atomic E-state index is 0.0159. The van der Waals surface area contributed by atoms with Gasteiger partial charge in [-0.05, 0) is 39.0 Å². The fourth-order valence-electron chi connectivity index (χ4n) is 2.34. The van der Waals surface area contributed by atoms with Crippen molar-refractivity contribution in [1.82, 2.24) is 4.72 Å². The Kier molecular flexibility index (Phi) is 4.70. The Morgan fingerprint density at radius 2 is 2.13 bits per heavy atom. The maximum absolute atomic E-state index is 12.5. The van der Waals surface area contributed by atoms with Crippen molar-refractivity contribution >= 4 is 21.6 Å². The van der Waals surface area contributed by atoms with E-state index < -0.39 is 15.6 Å². The summed E-state index contributed by atoms with van der Waals surface area (Å²) in [6.45, 7) is 6.45. The lowest BCUT2D eigenvalue weighted by Gasteiger charge is -2.33. The molecule has 1 atom stereocenters. The molecule has 0 fully saturated rings. The van der Waals surface area contributed by atoms with Crippen LogP contribution in [0.25, 0.3) is 0 Å². The van der Waals surface area contributed by atoms with Gasteiger partial charge in [0.2, 0.25) is 15.9 Å². The molecule has 1 unspecified atom stereocenters. The van der Waals surface area contributed by atoms with E-state index in [-0.39, 0.29) is 23.5 Å². The summed E-state index contributed by atoms with van der Waals surface area (Å²) in [7, 11) is -3.83. The first-order valence-electron chi connectivity index (χ1n) is 7.29. The number of carbonyl (C=O) groups is 1. The summed E-state index contributed by atoms with van der Waals surface area (Å²) < 4.78 is 33.0. The molecule has 0 saturated heterocycles. The second-order valence-electron chi connectivity index (χ2n) is 6.34. The number of sulfonamides is 1. The monoisotopic (exact) mass is 342 g/mol. The van der Waals surface area contributed by atoms with E-state index in [0.717, 1.165) is 0 Å². The number of nitrogens with one attached hydrogen (secondary N) is 1. The maximum atomic E-state index is 12.5. The zero-order valence-electron chi connectivity index (χ0n) is 13.7. The highest BCUT2D eigenvalue weighted by atomic mass is 32.2. The van der Waals surface area contributed by atoms with Crippen LogP contribution in [-0.2, 0) is 14.8 Å². The maximum Gasteiger partial charge on any atom is 0.241 e. The zero-order chi connectivity index (χ0) is 17.4. The third-order valence-electron chi connectivity index (χ3n) is 3.49. The van der Waals surface area contributed by atoms with Crippen LogP contribution >= 0.6 is 0 Å². The second-order valence-corrected chi connectivity index (χ2v) is 8.02. The lowest BCUT2D eigenvalue weighted by atomic mass is 10.1. The Morgan fingerprint density at radius 3 is 2.70 bits per heavy atom. The summed E-state index contributed by atoms with van der Waals surface area (Å²) in [6.07, 6.45) is -0.166. The topological polar surface area (TPSA) is 95.9 Å². The summed E-state index contributed by atoms with van der Waals surface area (Å²) in [4.78, 5) is 13.3. The summed E-state index contributed by atoms with van der Waals surface area (Å²) in [5.74, 6) is 0.291. The number of hydrogen-bond acceptors (Lipinski definition) is 5. The van der Waals surface area contributed by atoms with Crippen LogP contribution in [0.5, 0.6) is 5.75 Å². The summed E-state index contributed by atoms with van der Waals surface area (Å²) in [5.41, 5.74) is -0.555. The predicted octanol–water partition coefficient (Wildman–Crippen LogP) is 0.870. The molecule has 1 aromatic rings. The number of anilines is 1. The molecule has 23 heavy (non-hydrogen) atoms. The molecule has 0 aromatic heterocycles. The number of carbonyl (C=O) groups excluding carboxylic acids is 1. The Bertz CT molecular complexity index is 715. The van der Waals surface area contributed by atoms with E-state index in [1.165, 1.54) is 24.0 Å². The van der Waals surface area contributed by atoms with Crippen molar-refractivity contribution in [2.45, 2.75) is 44.2 Å². The summed E-state index contributed by atoms with van der Waals surface area (Å²) in [5, 5.41) is 9.24. The molecule has 1 aliphatic rings. The van der Waals surface area contributed by atoms with Gasteiger partial charge in [0, 0.05) is 6.92 Å². The third-order valence-corrected chi connectivity index (χ3v) is 5.18. The van der Waals surface area contributed by atoms with E-state index in [4.69, 9.17) is 4.74 Å². The van der Waals surface area contributed by atoms with Crippen LogP contribution in [0.4, 0.5) is 5.69 Å². The van der Waals surface area contributed by atoms with Gasteiger partial charge in [0.25, 0.3) is 0 Å². The van der Waals surface area contributed by atoms with Gasteiger partial charge in [0.05, 0.1) is 29.3 Å².